The van der Waals surface area contributed by atoms with Crippen molar-refractivity contribution in [3.63, 3.8) is 0 Å². The number of nitrogens with zero attached hydrogens (tertiary/aromatic N) is 1. The number of amides is 1. The number of hydrogen-bond donors (Lipinski definition) is 3. The number of rotatable bonds is 5. The van der Waals surface area contributed by atoms with E-state index < -0.39 is 5.56 Å². The van der Waals surface area contributed by atoms with Gasteiger partial charge in [-0.2, -0.15) is 0 Å². The van der Waals surface area contributed by atoms with Crippen molar-refractivity contribution < 1.29 is 9.90 Å². The summed E-state index contributed by atoms with van der Waals surface area (Å²) in [5.41, 5.74) is 0.745. The Labute approximate surface area is 143 Å². The number of aromatic nitrogens is 2. The summed E-state index contributed by atoms with van der Waals surface area (Å²) in [6.45, 7) is 0. The summed E-state index contributed by atoms with van der Waals surface area (Å²) in [6, 6.07) is 6.86. The molecular formula is C17H18ClN3O3. The molecule has 2 aromatic rings. The molecule has 3 N–H and O–H groups in total. The van der Waals surface area contributed by atoms with Crippen LogP contribution in [0.25, 0.3) is 0 Å². The quantitative estimate of drug-likeness (QED) is 0.764. The predicted molar refractivity (Wildman–Crippen MR) is 90.0 cm³/mol. The number of carbonyl (C=O) groups excluding carboxylic acids is 1. The van der Waals surface area contributed by atoms with Gasteiger partial charge in [0, 0.05) is 30.6 Å². The van der Waals surface area contributed by atoms with Crippen LogP contribution in [0, 0.1) is 5.92 Å². The molecule has 1 atom stereocenters. The molecule has 3 rings (SSSR count). The fraction of sp³-hybridized carbons (Fsp3) is 0.353. The first-order chi connectivity index (χ1) is 11.5. The lowest BCUT2D eigenvalue weighted by Gasteiger charge is -2.38. The third-order valence-corrected chi connectivity index (χ3v) is 4.59. The molecule has 0 unspecified atom stereocenters. The molecule has 0 aliphatic heterocycles. The van der Waals surface area contributed by atoms with Crippen LogP contribution < -0.4 is 10.9 Å². The molecule has 2 heterocycles. The number of hydrogen-bond acceptors (Lipinski definition) is 4. The zero-order valence-corrected chi connectivity index (χ0v) is 13.7. The molecule has 126 valence electrons. The Morgan fingerprint density at radius 1 is 1.46 bits per heavy atom. The van der Waals surface area contributed by atoms with Crippen molar-refractivity contribution in [2.24, 2.45) is 5.92 Å². The van der Waals surface area contributed by atoms with Crippen LogP contribution in [0.1, 0.15) is 28.9 Å². The summed E-state index contributed by atoms with van der Waals surface area (Å²) in [6.07, 6.45) is 4.65. The Morgan fingerprint density at radius 2 is 2.25 bits per heavy atom. The zero-order valence-electron chi connectivity index (χ0n) is 12.9. The Balaban J connectivity index is 1.74. The second kappa shape index (κ2) is 7.15. The van der Waals surface area contributed by atoms with Crippen LogP contribution in [0.4, 0.5) is 0 Å². The predicted octanol–water partition coefficient (Wildman–Crippen LogP) is 1.54. The second-order valence-electron chi connectivity index (χ2n) is 6.06. The number of halogens is 1. The maximum absolute atomic E-state index is 12.5. The van der Waals surface area contributed by atoms with Gasteiger partial charge in [0.25, 0.3) is 11.5 Å². The molecule has 24 heavy (non-hydrogen) atoms. The molecule has 2 aromatic heterocycles. The summed E-state index contributed by atoms with van der Waals surface area (Å²) in [5, 5.41) is 12.5. The number of H-pyrrole nitrogens is 1. The largest absolute Gasteiger partial charge is 0.393 e. The van der Waals surface area contributed by atoms with Gasteiger partial charge in [-0.3, -0.25) is 14.6 Å². The van der Waals surface area contributed by atoms with Gasteiger partial charge in [-0.05, 0) is 37.0 Å². The highest BCUT2D eigenvalue weighted by Crippen LogP contribution is 2.31. The van der Waals surface area contributed by atoms with E-state index in [0.717, 1.165) is 5.69 Å². The molecule has 1 fully saturated rings. The highest BCUT2D eigenvalue weighted by molar-refractivity contribution is 6.30. The van der Waals surface area contributed by atoms with Gasteiger partial charge in [0.05, 0.1) is 11.7 Å². The van der Waals surface area contributed by atoms with Crippen molar-refractivity contribution in [1.82, 2.24) is 15.3 Å². The van der Waals surface area contributed by atoms with Crippen molar-refractivity contribution in [2.75, 3.05) is 0 Å². The smallest absolute Gasteiger partial charge is 0.266 e. The van der Waals surface area contributed by atoms with Crippen molar-refractivity contribution >= 4 is 17.5 Å². The third-order valence-electron chi connectivity index (χ3n) is 4.31. The van der Waals surface area contributed by atoms with Gasteiger partial charge in [0.15, 0.2) is 0 Å². The van der Waals surface area contributed by atoms with E-state index in [0.29, 0.717) is 24.8 Å². The minimum absolute atomic E-state index is 0.0250. The highest BCUT2D eigenvalue weighted by Gasteiger charge is 2.35. The van der Waals surface area contributed by atoms with Gasteiger partial charge in [0.1, 0.15) is 5.02 Å². The Bertz CT molecular complexity index is 772. The minimum atomic E-state index is -0.430. The summed E-state index contributed by atoms with van der Waals surface area (Å²) in [4.78, 5) is 30.5. The first kappa shape index (κ1) is 16.7. The van der Waals surface area contributed by atoms with Crippen LogP contribution in [0.2, 0.25) is 5.02 Å². The second-order valence-corrected chi connectivity index (χ2v) is 6.46. The molecule has 0 spiro atoms. The van der Waals surface area contributed by atoms with Crippen LogP contribution in [-0.2, 0) is 6.42 Å². The standard InChI is InChI=1S/C17H18ClN3O3/c18-14-7-11(9-20-17(14)24)16(23)21-15(10-5-13(22)6-10)8-12-3-1-2-4-19-12/h1-4,7,9-10,13,15,22H,5-6,8H2,(H,20,24)(H,21,23)/t10?,13?,15-/m0/s1. The van der Waals surface area contributed by atoms with E-state index in [2.05, 4.69) is 15.3 Å². The van der Waals surface area contributed by atoms with Gasteiger partial charge in [-0.15, -0.1) is 0 Å². The fourth-order valence-electron chi connectivity index (χ4n) is 2.88. The highest BCUT2D eigenvalue weighted by atomic mass is 35.5. The Kier molecular flexibility index (Phi) is 4.97. The lowest BCUT2D eigenvalue weighted by molar-refractivity contribution is 0.0238. The molecule has 7 heteroatoms. The lowest BCUT2D eigenvalue weighted by atomic mass is 9.76. The lowest BCUT2D eigenvalue weighted by Crippen LogP contribution is -2.48. The maximum atomic E-state index is 12.5. The average Bonchev–Trinajstić information content (AvgIpc) is 2.55. The zero-order chi connectivity index (χ0) is 17.1. The van der Waals surface area contributed by atoms with Crippen LogP contribution in [0.15, 0.2) is 41.5 Å². The number of aliphatic hydroxyl groups is 1. The van der Waals surface area contributed by atoms with E-state index in [1.54, 1.807) is 6.20 Å². The van der Waals surface area contributed by atoms with Crippen molar-refractivity contribution in [2.45, 2.75) is 31.4 Å². The Morgan fingerprint density at radius 3 is 2.88 bits per heavy atom. The number of aromatic amines is 1. The fourth-order valence-corrected chi connectivity index (χ4v) is 3.05. The number of nitrogens with one attached hydrogen (secondary N) is 2. The minimum Gasteiger partial charge on any atom is -0.393 e. The monoisotopic (exact) mass is 347 g/mol. The summed E-state index contributed by atoms with van der Waals surface area (Å²) in [7, 11) is 0. The van der Waals surface area contributed by atoms with Crippen LogP contribution in [0.3, 0.4) is 0 Å². The maximum Gasteiger partial charge on any atom is 0.266 e. The number of aliphatic hydroxyl groups excluding tert-OH is 1. The first-order valence-corrected chi connectivity index (χ1v) is 8.18. The number of carbonyl (C=O) groups is 1. The average molecular weight is 348 g/mol. The molecule has 0 aromatic carbocycles. The first-order valence-electron chi connectivity index (χ1n) is 7.80. The molecule has 1 saturated carbocycles. The topological polar surface area (TPSA) is 95.1 Å². The van der Waals surface area contributed by atoms with Crippen LogP contribution >= 0.6 is 11.6 Å². The van der Waals surface area contributed by atoms with E-state index >= 15 is 0 Å². The Hall–Kier alpha value is -2.18. The van der Waals surface area contributed by atoms with E-state index in [4.69, 9.17) is 11.6 Å². The van der Waals surface area contributed by atoms with Crippen LogP contribution in [-0.4, -0.2) is 33.1 Å². The molecule has 6 nitrogen and oxygen atoms in total. The van der Waals surface area contributed by atoms with E-state index in [-0.39, 0.29) is 29.0 Å². The molecule has 1 aliphatic carbocycles. The van der Waals surface area contributed by atoms with Gasteiger partial charge in [-0.1, -0.05) is 17.7 Å². The molecule has 0 saturated heterocycles. The van der Waals surface area contributed by atoms with Gasteiger partial charge < -0.3 is 15.4 Å². The van der Waals surface area contributed by atoms with Crippen molar-refractivity contribution in [3.8, 4) is 0 Å². The van der Waals surface area contributed by atoms with Crippen molar-refractivity contribution in [1.29, 1.82) is 0 Å². The summed E-state index contributed by atoms with van der Waals surface area (Å²) in [5.74, 6) is -0.111. The third kappa shape index (κ3) is 3.83. The molecule has 1 aliphatic rings. The summed E-state index contributed by atoms with van der Waals surface area (Å²) >= 11 is 5.78. The van der Waals surface area contributed by atoms with Gasteiger partial charge >= 0.3 is 0 Å². The molecular weight excluding hydrogens is 330 g/mol. The van der Waals surface area contributed by atoms with E-state index in [9.17, 15) is 14.7 Å². The SMILES string of the molecule is O=C(N[C@@H](Cc1ccccn1)C1CC(O)C1)c1c[nH]c(=O)c(Cl)c1. The van der Waals surface area contributed by atoms with E-state index in [1.165, 1.54) is 12.3 Å². The molecule has 1 amide bonds. The molecule has 0 radical (unpaired) electrons. The van der Waals surface area contributed by atoms with Crippen LogP contribution in [0.5, 0.6) is 0 Å². The number of pyridine rings is 2. The van der Waals surface area contributed by atoms with E-state index in [1.807, 2.05) is 18.2 Å². The summed E-state index contributed by atoms with van der Waals surface area (Å²) < 4.78 is 0. The van der Waals surface area contributed by atoms with Gasteiger partial charge in [-0.25, -0.2) is 0 Å². The van der Waals surface area contributed by atoms with Crippen molar-refractivity contribution in [3.05, 3.63) is 63.3 Å². The molecule has 0 bridgehead atoms. The van der Waals surface area contributed by atoms with Gasteiger partial charge in [0.2, 0.25) is 0 Å². The normalized spacial score (nSPS) is 20.9.